The number of carbonyl (C=O) groups excluding carboxylic acids is 2. The van der Waals surface area contributed by atoms with Gasteiger partial charge in [-0.25, -0.2) is 9.88 Å². The number of nitrogens with zero attached hydrogens (tertiary/aromatic N) is 2. The summed E-state index contributed by atoms with van der Waals surface area (Å²) in [7, 11) is 0. The van der Waals surface area contributed by atoms with E-state index in [1.165, 1.54) is 27.2 Å². The van der Waals surface area contributed by atoms with Crippen molar-refractivity contribution in [3.63, 3.8) is 0 Å². The summed E-state index contributed by atoms with van der Waals surface area (Å²) in [5.74, 6) is -0.682. The lowest BCUT2D eigenvalue weighted by Crippen LogP contribution is -2.51. The van der Waals surface area contributed by atoms with Gasteiger partial charge in [0.1, 0.15) is 5.82 Å². The quantitative estimate of drug-likeness (QED) is 0.601. The minimum Gasteiger partial charge on any atom is -0.274 e. The molecule has 0 saturated carbocycles. The molecule has 1 saturated heterocycles. The lowest BCUT2D eigenvalue weighted by Gasteiger charge is -2.52. The van der Waals surface area contributed by atoms with Gasteiger partial charge in [0, 0.05) is 17.5 Å². The Labute approximate surface area is 169 Å². The maximum atomic E-state index is 13.8. The number of aromatic nitrogens is 1. The summed E-state index contributed by atoms with van der Waals surface area (Å²) in [6.45, 7) is 4.03. The molecule has 7 rings (SSSR count). The highest BCUT2D eigenvalue weighted by atomic mass is 16.2. The summed E-state index contributed by atoms with van der Waals surface area (Å²) in [6, 6.07) is 20.3. The molecule has 0 radical (unpaired) electrons. The van der Waals surface area contributed by atoms with Crippen LogP contribution in [0.25, 0.3) is 0 Å². The second kappa shape index (κ2) is 5.41. The van der Waals surface area contributed by atoms with Crippen LogP contribution >= 0.6 is 0 Å². The summed E-state index contributed by atoms with van der Waals surface area (Å²) in [5.41, 5.74) is 5.00. The van der Waals surface area contributed by atoms with Crippen LogP contribution in [-0.2, 0) is 15.0 Å². The van der Waals surface area contributed by atoms with Crippen LogP contribution in [0.15, 0.2) is 66.9 Å². The molecule has 1 aliphatic heterocycles. The number of hydrogen-bond donors (Lipinski definition) is 0. The normalized spacial score (nSPS) is 28.9. The molecule has 2 heterocycles. The van der Waals surface area contributed by atoms with Gasteiger partial charge in [0.25, 0.3) is 0 Å². The van der Waals surface area contributed by atoms with Gasteiger partial charge in [-0.15, -0.1) is 0 Å². The van der Waals surface area contributed by atoms with Gasteiger partial charge in [-0.05, 0) is 40.8 Å². The Hall–Kier alpha value is -3.27. The number of carbonyl (C=O) groups is 2. The van der Waals surface area contributed by atoms with Gasteiger partial charge < -0.3 is 0 Å². The van der Waals surface area contributed by atoms with Gasteiger partial charge in [-0.3, -0.25) is 9.59 Å². The highest BCUT2D eigenvalue weighted by Gasteiger charge is 2.66. The molecule has 3 aliphatic carbocycles. The zero-order valence-electron chi connectivity index (χ0n) is 16.3. The molecule has 3 aromatic rings. The summed E-state index contributed by atoms with van der Waals surface area (Å²) in [5, 5.41) is 0. The van der Waals surface area contributed by atoms with Crippen molar-refractivity contribution in [1.82, 2.24) is 4.98 Å². The van der Waals surface area contributed by atoms with Crippen molar-refractivity contribution in [2.45, 2.75) is 25.2 Å². The predicted octanol–water partition coefficient (Wildman–Crippen LogP) is 3.96. The number of benzene rings is 2. The van der Waals surface area contributed by atoms with Crippen LogP contribution in [0.3, 0.4) is 0 Å². The number of rotatable bonds is 1. The Bertz CT molecular complexity index is 1170. The molecule has 0 unspecified atom stereocenters. The highest BCUT2D eigenvalue weighted by molar-refractivity contribution is 6.23. The Morgan fingerprint density at radius 1 is 0.862 bits per heavy atom. The molecule has 29 heavy (non-hydrogen) atoms. The predicted molar refractivity (Wildman–Crippen MR) is 110 cm³/mol. The summed E-state index contributed by atoms with van der Waals surface area (Å²) in [6.07, 6.45) is 1.64. The molecule has 2 bridgehead atoms. The van der Waals surface area contributed by atoms with E-state index in [0.717, 1.165) is 5.56 Å². The smallest absolute Gasteiger partial charge is 0.240 e. The van der Waals surface area contributed by atoms with E-state index in [1.54, 1.807) is 6.20 Å². The third-order valence-corrected chi connectivity index (χ3v) is 7.24. The number of anilines is 1. The van der Waals surface area contributed by atoms with Crippen LogP contribution in [0.4, 0.5) is 5.82 Å². The van der Waals surface area contributed by atoms with E-state index >= 15 is 0 Å². The van der Waals surface area contributed by atoms with Crippen LogP contribution in [0, 0.1) is 18.8 Å². The zero-order chi connectivity index (χ0) is 19.9. The van der Waals surface area contributed by atoms with Gasteiger partial charge in [0.15, 0.2) is 0 Å². The van der Waals surface area contributed by atoms with Crippen LogP contribution in [0.2, 0.25) is 0 Å². The summed E-state index contributed by atoms with van der Waals surface area (Å²) >= 11 is 0. The van der Waals surface area contributed by atoms with Crippen LogP contribution in [0.1, 0.15) is 40.7 Å². The third-order valence-electron chi connectivity index (χ3n) is 7.24. The van der Waals surface area contributed by atoms with Crippen molar-refractivity contribution >= 4 is 17.6 Å². The van der Waals surface area contributed by atoms with Crippen molar-refractivity contribution in [2.24, 2.45) is 11.8 Å². The fraction of sp³-hybridized carbons (Fsp3) is 0.240. The standard InChI is InChI=1S/C25H20N2O2/c1-14-8-7-13-26-22(14)27-23(28)20-19-15-9-3-5-11-17(15)25(2,21(20)24(27)29)18-12-6-4-10-16(18)19/h3-13,19-21H,1-2H3/t19?,20-,21-,25?/m0/s1. The molecular formula is C25H20N2O2. The molecule has 142 valence electrons. The van der Waals surface area contributed by atoms with Gasteiger partial charge >= 0.3 is 0 Å². The number of aryl methyl sites for hydroxylation is 1. The fourth-order valence-corrected chi connectivity index (χ4v) is 6.07. The number of imide groups is 1. The molecule has 2 atom stereocenters. The van der Waals surface area contributed by atoms with Crippen molar-refractivity contribution in [2.75, 3.05) is 4.90 Å². The molecule has 1 fully saturated rings. The topological polar surface area (TPSA) is 50.3 Å². The first-order valence-corrected chi connectivity index (χ1v) is 10.0. The van der Waals surface area contributed by atoms with E-state index < -0.39 is 17.3 Å². The van der Waals surface area contributed by atoms with E-state index in [4.69, 9.17) is 0 Å². The third kappa shape index (κ3) is 1.82. The van der Waals surface area contributed by atoms with Gasteiger partial charge in [0.05, 0.1) is 11.8 Å². The van der Waals surface area contributed by atoms with Crippen molar-refractivity contribution in [3.8, 4) is 0 Å². The minimum atomic E-state index is -0.531. The van der Waals surface area contributed by atoms with E-state index in [-0.39, 0.29) is 17.7 Å². The van der Waals surface area contributed by atoms with Crippen LogP contribution in [0.5, 0.6) is 0 Å². The molecule has 2 amide bonds. The van der Waals surface area contributed by atoms with E-state index in [0.29, 0.717) is 5.82 Å². The maximum absolute atomic E-state index is 13.8. The second-order valence-corrected chi connectivity index (χ2v) is 8.51. The highest BCUT2D eigenvalue weighted by Crippen LogP contribution is 2.64. The monoisotopic (exact) mass is 380 g/mol. The van der Waals surface area contributed by atoms with Crippen molar-refractivity contribution in [1.29, 1.82) is 0 Å². The molecule has 0 N–H and O–H groups in total. The molecule has 1 aromatic heterocycles. The van der Waals surface area contributed by atoms with Crippen molar-refractivity contribution in [3.05, 3.63) is 94.7 Å². The second-order valence-electron chi connectivity index (χ2n) is 8.51. The van der Waals surface area contributed by atoms with Gasteiger partial charge in [0.2, 0.25) is 11.8 Å². The van der Waals surface area contributed by atoms with Gasteiger partial charge in [-0.2, -0.15) is 0 Å². The molecule has 4 aliphatic rings. The lowest BCUT2D eigenvalue weighted by molar-refractivity contribution is -0.123. The van der Waals surface area contributed by atoms with E-state index in [9.17, 15) is 9.59 Å². The first kappa shape index (κ1) is 16.7. The Kier molecular flexibility index (Phi) is 3.11. The zero-order valence-corrected chi connectivity index (χ0v) is 16.3. The average Bonchev–Trinajstić information content (AvgIpc) is 3.01. The van der Waals surface area contributed by atoms with Gasteiger partial charge in [-0.1, -0.05) is 61.5 Å². The number of hydrogen-bond acceptors (Lipinski definition) is 3. The molecular weight excluding hydrogens is 360 g/mol. The first-order chi connectivity index (χ1) is 14.0. The summed E-state index contributed by atoms with van der Waals surface area (Å²) < 4.78 is 0. The van der Waals surface area contributed by atoms with E-state index in [1.807, 2.05) is 43.3 Å². The number of amides is 2. The maximum Gasteiger partial charge on any atom is 0.240 e. The SMILES string of the molecule is Cc1cccnc1N1C(=O)[C@@H]2[C@@H](C1=O)C1c3ccccc3C2(C)c2ccccc21. The summed E-state index contributed by atoms with van der Waals surface area (Å²) in [4.78, 5) is 33.3. The Morgan fingerprint density at radius 3 is 2.10 bits per heavy atom. The van der Waals surface area contributed by atoms with Crippen molar-refractivity contribution < 1.29 is 9.59 Å². The molecule has 0 spiro atoms. The average molecular weight is 380 g/mol. The van der Waals surface area contributed by atoms with Crippen LogP contribution in [-0.4, -0.2) is 16.8 Å². The van der Waals surface area contributed by atoms with Crippen LogP contribution < -0.4 is 4.90 Å². The largest absolute Gasteiger partial charge is 0.274 e. The lowest BCUT2D eigenvalue weighted by atomic mass is 9.48. The first-order valence-electron chi connectivity index (χ1n) is 10.0. The molecule has 4 heteroatoms. The molecule has 4 nitrogen and oxygen atoms in total. The van der Waals surface area contributed by atoms with E-state index in [2.05, 4.69) is 36.2 Å². The molecule has 2 aromatic carbocycles. The minimum absolute atomic E-state index is 0.0975. The Balaban J connectivity index is 1.64. The Morgan fingerprint density at radius 2 is 1.48 bits per heavy atom. The number of pyridine rings is 1. The fourth-order valence-electron chi connectivity index (χ4n) is 6.07.